The molecule has 0 aromatic carbocycles. The van der Waals surface area contributed by atoms with Gasteiger partial charge in [-0.2, -0.15) is 0 Å². The lowest BCUT2D eigenvalue weighted by atomic mass is 9.74. The summed E-state index contributed by atoms with van der Waals surface area (Å²) in [5.41, 5.74) is 9.88. The summed E-state index contributed by atoms with van der Waals surface area (Å²) in [6.07, 6.45) is 0. The molecule has 0 radical (unpaired) electrons. The number of nitrogens with zero attached hydrogens (tertiary/aromatic N) is 1. The van der Waals surface area contributed by atoms with Crippen LogP contribution in [0.4, 0.5) is 0 Å². The summed E-state index contributed by atoms with van der Waals surface area (Å²) in [7, 11) is 0. The van der Waals surface area contributed by atoms with Crippen molar-refractivity contribution in [3.63, 3.8) is 0 Å². The van der Waals surface area contributed by atoms with Crippen molar-refractivity contribution < 1.29 is 14.3 Å². The summed E-state index contributed by atoms with van der Waals surface area (Å²) in [5.74, 6) is -0.712. The highest BCUT2D eigenvalue weighted by molar-refractivity contribution is 5.90. The van der Waals surface area contributed by atoms with Crippen molar-refractivity contribution in [1.29, 1.82) is 0 Å². The fraction of sp³-hybridized carbons (Fsp3) is 0.833. The van der Waals surface area contributed by atoms with E-state index in [0.29, 0.717) is 13.2 Å². The number of rotatable bonds is 3. The molecule has 1 aliphatic heterocycles. The quantitative estimate of drug-likeness (QED) is 0.709. The number of hydrogen-bond acceptors (Lipinski definition) is 4. The van der Waals surface area contributed by atoms with Gasteiger partial charge in [-0.15, -0.1) is 0 Å². The van der Waals surface area contributed by atoms with Gasteiger partial charge < -0.3 is 21.1 Å². The lowest BCUT2D eigenvalue weighted by Crippen LogP contribution is -2.62. The Morgan fingerprint density at radius 1 is 1.28 bits per heavy atom. The van der Waals surface area contributed by atoms with Crippen LogP contribution in [0.15, 0.2) is 0 Å². The van der Waals surface area contributed by atoms with Crippen LogP contribution in [0.25, 0.3) is 0 Å². The molecule has 1 heterocycles. The summed E-state index contributed by atoms with van der Waals surface area (Å²) in [5, 5.41) is 0. The van der Waals surface area contributed by atoms with Crippen molar-refractivity contribution in [1.82, 2.24) is 4.90 Å². The molecule has 0 aromatic rings. The van der Waals surface area contributed by atoms with Crippen molar-refractivity contribution in [3.05, 3.63) is 0 Å². The van der Waals surface area contributed by atoms with Crippen LogP contribution in [0.5, 0.6) is 0 Å². The predicted octanol–water partition coefficient (Wildman–Crippen LogP) is -0.537. The first-order valence-electron chi connectivity index (χ1n) is 6.06. The Hall–Kier alpha value is -1.14. The van der Waals surface area contributed by atoms with Crippen molar-refractivity contribution in [2.24, 2.45) is 16.9 Å². The minimum atomic E-state index is -0.780. The normalized spacial score (nSPS) is 21.8. The topological polar surface area (TPSA) is 98.7 Å². The van der Waals surface area contributed by atoms with E-state index in [2.05, 4.69) is 0 Å². The largest absolute Gasteiger partial charge is 0.377 e. The maximum atomic E-state index is 12.6. The van der Waals surface area contributed by atoms with Gasteiger partial charge in [-0.25, -0.2) is 0 Å². The highest BCUT2D eigenvalue weighted by Gasteiger charge is 2.45. The molecule has 1 saturated heterocycles. The summed E-state index contributed by atoms with van der Waals surface area (Å²) in [6.45, 7) is 8.09. The van der Waals surface area contributed by atoms with Crippen molar-refractivity contribution in [2.75, 3.05) is 19.8 Å². The summed E-state index contributed by atoms with van der Waals surface area (Å²) < 4.78 is 5.20. The molecule has 1 aliphatic rings. The molecule has 4 N–H and O–H groups in total. The number of hydrogen-bond donors (Lipinski definition) is 2. The van der Waals surface area contributed by atoms with Crippen LogP contribution in [0.2, 0.25) is 0 Å². The Morgan fingerprint density at radius 3 is 2.28 bits per heavy atom. The first-order valence-corrected chi connectivity index (χ1v) is 6.06. The van der Waals surface area contributed by atoms with Gasteiger partial charge in [0.15, 0.2) is 0 Å². The molecule has 0 spiro atoms. The lowest BCUT2D eigenvalue weighted by Gasteiger charge is -2.43. The molecular weight excluding hydrogens is 234 g/mol. The van der Waals surface area contributed by atoms with Gasteiger partial charge in [-0.1, -0.05) is 0 Å². The summed E-state index contributed by atoms with van der Waals surface area (Å²) >= 11 is 0. The zero-order valence-corrected chi connectivity index (χ0v) is 11.5. The maximum absolute atomic E-state index is 12.6. The zero-order valence-electron chi connectivity index (χ0n) is 11.5. The van der Waals surface area contributed by atoms with Gasteiger partial charge in [0.05, 0.1) is 18.6 Å². The van der Waals surface area contributed by atoms with E-state index in [0.717, 1.165) is 0 Å². The van der Waals surface area contributed by atoms with Crippen LogP contribution in [-0.2, 0) is 14.3 Å². The van der Waals surface area contributed by atoms with E-state index in [1.165, 1.54) is 4.90 Å². The molecule has 1 atom stereocenters. The molecule has 1 unspecified atom stereocenters. The number of morpholine rings is 1. The average Bonchev–Trinajstić information content (AvgIpc) is 2.26. The molecule has 18 heavy (non-hydrogen) atoms. The van der Waals surface area contributed by atoms with E-state index in [1.807, 2.05) is 0 Å². The van der Waals surface area contributed by atoms with Gasteiger partial charge in [-0.3, -0.25) is 9.59 Å². The predicted molar refractivity (Wildman–Crippen MR) is 67.6 cm³/mol. The molecule has 2 amide bonds. The third-order valence-corrected chi connectivity index (χ3v) is 3.86. The van der Waals surface area contributed by atoms with Crippen LogP contribution in [0, 0.1) is 5.41 Å². The second-order valence-electron chi connectivity index (χ2n) is 5.84. The molecule has 0 saturated carbocycles. The van der Waals surface area contributed by atoms with E-state index in [9.17, 15) is 9.59 Å². The summed E-state index contributed by atoms with van der Waals surface area (Å²) in [4.78, 5) is 25.4. The smallest absolute Gasteiger partial charge is 0.242 e. The molecule has 6 nitrogen and oxygen atoms in total. The van der Waals surface area contributed by atoms with Gasteiger partial charge in [0.25, 0.3) is 0 Å². The van der Waals surface area contributed by atoms with E-state index in [4.69, 9.17) is 16.2 Å². The maximum Gasteiger partial charge on any atom is 0.242 e. The van der Waals surface area contributed by atoms with E-state index in [1.54, 1.807) is 27.7 Å². The Kier molecular flexibility index (Phi) is 4.02. The van der Waals surface area contributed by atoms with Crippen LogP contribution in [0.1, 0.15) is 27.7 Å². The second kappa shape index (κ2) is 4.85. The fourth-order valence-corrected chi connectivity index (χ4v) is 1.72. The highest BCUT2D eigenvalue weighted by atomic mass is 16.5. The SMILES string of the molecule is CC(C)(N)C(C)(C)C(=O)N1CCOCC1C(N)=O. The molecule has 1 fully saturated rings. The van der Waals surface area contributed by atoms with Crippen LogP contribution in [0.3, 0.4) is 0 Å². The third kappa shape index (κ3) is 2.64. The van der Waals surface area contributed by atoms with Crippen LogP contribution in [-0.4, -0.2) is 48.1 Å². The molecule has 0 aliphatic carbocycles. The number of ether oxygens (including phenoxy) is 1. The van der Waals surface area contributed by atoms with Gasteiger partial charge in [0, 0.05) is 12.1 Å². The molecular formula is C12H23N3O3. The fourth-order valence-electron chi connectivity index (χ4n) is 1.72. The first kappa shape index (κ1) is 14.9. The minimum Gasteiger partial charge on any atom is -0.377 e. The van der Waals surface area contributed by atoms with Crippen molar-refractivity contribution >= 4 is 11.8 Å². The zero-order chi connectivity index (χ0) is 14.1. The molecule has 104 valence electrons. The van der Waals surface area contributed by atoms with Crippen LogP contribution < -0.4 is 11.5 Å². The van der Waals surface area contributed by atoms with E-state index >= 15 is 0 Å². The second-order valence-corrected chi connectivity index (χ2v) is 5.84. The Balaban J connectivity index is 2.97. The lowest BCUT2D eigenvalue weighted by molar-refractivity contribution is -0.156. The number of amides is 2. The number of carbonyl (C=O) groups excluding carboxylic acids is 2. The molecule has 1 rings (SSSR count). The Bertz CT molecular complexity index is 347. The van der Waals surface area contributed by atoms with Gasteiger partial charge in [0.2, 0.25) is 11.8 Å². The van der Waals surface area contributed by atoms with Crippen molar-refractivity contribution in [2.45, 2.75) is 39.3 Å². The molecule has 6 heteroatoms. The molecule has 0 bridgehead atoms. The Labute approximate surface area is 108 Å². The van der Waals surface area contributed by atoms with Crippen LogP contribution >= 0.6 is 0 Å². The number of nitrogens with two attached hydrogens (primary N) is 2. The summed E-state index contributed by atoms with van der Waals surface area (Å²) in [6, 6.07) is -0.701. The van der Waals surface area contributed by atoms with E-state index in [-0.39, 0.29) is 12.5 Å². The van der Waals surface area contributed by atoms with Gasteiger partial charge in [0.1, 0.15) is 6.04 Å². The minimum absolute atomic E-state index is 0.155. The van der Waals surface area contributed by atoms with E-state index < -0.39 is 22.9 Å². The molecule has 0 aromatic heterocycles. The number of carbonyl (C=O) groups is 2. The van der Waals surface area contributed by atoms with Gasteiger partial charge >= 0.3 is 0 Å². The monoisotopic (exact) mass is 257 g/mol. The highest BCUT2D eigenvalue weighted by Crippen LogP contribution is 2.31. The average molecular weight is 257 g/mol. The third-order valence-electron chi connectivity index (χ3n) is 3.86. The first-order chi connectivity index (χ1) is 8.09. The Morgan fingerprint density at radius 2 is 1.83 bits per heavy atom. The van der Waals surface area contributed by atoms with Gasteiger partial charge in [-0.05, 0) is 27.7 Å². The van der Waals surface area contributed by atoms with Crippen molar-refractivity contribution in [3.8, 4) is 0 Å². The standard InChI is InChI=1S/C12H23N3O3/c1-11(2,12(3,4)14)10(17)15-5-6-18-7-8(15)9(13)16/h8H,5-7,14H2,1-4H3,(H2,13,16). The number of primary amides is 1.